The van der Waals surface area contributed by atoms with Gasteiger partial charge in [0.1, 0.15) is 0 Å². The van der Waals surface area contributed by atoms with Gasteiger partial charge in [-0.3, -0.25) is 14.9 Å². The van der Waals surface area contributed by atoms with E-state index in [2.05, 4.69) is 22.1 Å². The quantitative estimate of drug-likeness (QED) is 0.197. The molecular formula is C23H30N6O5S. The monoisotopic (exact) mass is 502 g/mol. The zero-order chi connectivity index (χ0) is 25.8. The van der Waals surface area contributed by atoms with E-state index in [1.165, 1.54) is 23.5 Å². The fraction of sp³-hybridized carbons (Fsp3) is 0.391. The number of aliphatic hydroxyl groups is 2. The van der Waals surface area contributed by atoms with Crippen molar-refractivity contribution in [3.8, 4) is 0 Å². The summed E-state index contributed by atoms with van der Waals surface area (Å²) in [6, 6.07) is 11.8. The Balaban J connectivity index is 0.000000466. The number of benzene rings is 2. The number of nitrogens with two attached hydrogens (primary N) is 1. The van der Waals surface area contributed by atoms with E-state index in [-0.39, 0.29) is 24.6 Å². The van der Waals surface area contributed by atoms with Gasteiger partial charge in [0.25, 0.3) is 5.69 Å². The molecule has 188 valence electrons. The van der Waals surface area contributed by atoms with Crippen molar-refractivity contribution < 1.29 is 19.9 Å². The number of primary amides is 1. The Morgan fingerprint density at radius 1 is 1.26 bits per heavy atom. The van der Waals surface area contributed by atoms with E-state index in [0.717, 1.165) is 24.9 Å². The number of thiazole rings is 1. The number of carbonyl (C=O) groups is 1. The predicted molar refractivity (Wildman–Crippen MR) is 137 cm³/mol. The maximum Gasteiger partial charge on any atom is 0.270 e. The first-order valence-electron chi connectivity index (χ1n) is 11.1. The van der Waals surface area contributed by atoms with Crippen LogP contribution in [-0.2, 0) is 4.79 Å². The Bertz CT molecular complexity index is 1140. The van der Waals surface area contributed by atoms with Gasteiger partial charge in [0.05, 0.1) is 33.5 Å². The molecule has 0 fully saturated rings. The van der Waals surface area contributed by atoms with Crippen LogP contribution in [0.15, 0.2) is 52.7 Å². The standard InChI is InChI=1S/C17H16N6O3S.C6H14O2/c1-22(9-8-16(18)24)12-4-2-11(3-5-12)20-21-17-19-14-7-6-13(23(25)26)10-15(14)27-17;1-2-3-4-6(8)5-7/h2-7,10H,8-9H2,1H3,(H2,18,24);6-8H,2-5H2,1H3. The third-order valence-corrected chi connectivity index (χ3v) is 5.81. The van der Waals surface area contributed by atoms with E-state index >= 15 is 0 Å². The van der Waals surface area contributed by atoms with Gasteiger partial charge < -0.3 is 20.8 Å². The molecule has 0 aliphatic heterocycles. The second kappa shape index (κ2) is 14.0. The third-order valence-electron chi connectivity index (χ3n) is 4.91. The lowest BCUT2D eigenvalue weighted by molar-refractivity contribution is -0.384. The lowest BCUT2D eigenvalue weighted by Gasteiger charge is -2.18. The Morgan fingerprint density at radius 3 is 2.57 bits per heavy atom. The van der Waals surface area contributed by atoms with Crippen LogP contribution in [0, 0.1) is 10.1 Å². The zero-order valence-electron chi connectivity index (χ0n) is 19.7. The van der Waals surface area contributed by atoms with Gasteiger partial charge >= 0.3 is 0 Å². The molecule has 1 unspecified atom stereocenters. The van der Waals surface area contributed by atoms with E-state index in [1.54, 1.807) is 18.2 Å². The molecule has 0 saturated carbocycles. The van der Waals surface area contributed by atoms with E-state index in [0.29, 0.717) is 27.6 Å². The number of azo groups is 1. The molecule has 0 spiro atoms. The van der Waals surface area contributed by atoms with Crippen molar-refractivity contribution >= 4 is 49.7 Å². The molecule has 0 aliphatic rings. The smallest absolute Gasteiger partial charge is 0.270 e. The van der Waals surface area contributed by atoms with Crippen molar-refractivity contribution in [3.63, 3.8) is 0 Å². The second-order valence-electron chi connectivity index (χ2n) is 7.74. The molecule has 0 bridgehead atoms. The molecule has 12 heteroatoms. The van der Waals surface area contributed by atoms with Crippen LogP contribution in [0.1, 0.15) is 32.6 Å². The highest BCUT2D eigenvalue weighted by Crippen LogP contribution is 2.32. The molecule has 3 rings (SSSR count). The highest BCUT2D eigenvalue weighted by molar-refractivity contribution is 7.21. The number of anilines is 1. The van der Waals surface area contributed by atoms with Crippen molar-refractivity contribution in [3.05, 3.63) is 52.6 Å². The van der Waals surface area contributed by atoms with Gasteiger partial charge in [-0.05, 0) is 36.8 Å². The van der Waals surface area contributed by atoms with E-state index in [9.17, 15) is 14.9 Å². The highest BCUT2D eigenvalue weighted by atomic mass is 32.1. The summed E-state index contributed by atoms with van der Waals surface area (Å²) >= 11 is 1.24. The van der Waals surface area contributed by atoms with E-state index in [4.69, 9.17) is 15.9 Å². The van der Waals surface area contributed by atoms with Gasteiger partial charge in [0.2, 0.25) is 11.0 Å². The van der Waals surface area contributed by atoms with Crippen molar-refractivity contribution in [1.82, 2.24) is 4.98 Å². The Kier molecular flexibility index (Phi) is 11.1. The first-order chi connectivity index (χ1) is 16.7. The number of aromatic nitrogens is 1. The number of carbonyl (C=O) groups excluding carboxylic acids is 1. The summed E-state index contributed by atoms with van der Waals surface area (Å²) in [6.45, 7) is 2.50. The van der Waals surface area contributed by atoms with Gasteiger partial charge in [-0.1, -0.05) is 31.1 Å². The molecule has 0 aliphatic carbocycles. The second-order valence-corrected chi connectivity index (χ2v) is 8.75. The third kappa shape index (κ3) is 9.35. The van der Waals surface area contributed by atoms with Crippen LogP contribution in [0.5, 0.6) is 0 Å². The molecule has 11 nitrogen and oxygen atoms in total. The summed E-state index contributed by atoms with van der Waals surface area (Å²) in [5.41, 5.74) is 7.40. The number of hydrogen-bond donors (Lipinski definition) is 3. The molecule has 3 aromatic rings. The van der Waals surface area contributed by atoms with Crippen molar-refractivity contribution in [2.45, 2.75) is 38.7 Å². The van der Waals surface area contributed by atoms with Gasteiger partial charge in [-0.25, -0.2) is 4.98 Å². The van der Waals surface area contributed by atoms with Crippen LogP contribution < -0.4 is 10.6 Å². The van der Waals surface area contributed by atoms with Crippen molar-refractivity contribution in [2.24, 2.45) is 16.0 Å². The summed E-state index contributed by atoms with van der Waals surface area (Å²) in [7, 11) is 1.87. The van der Waals surface area contributed by atoms with Crippen LogP contribution in [-0.4, -0.2) is 52.3 Å². The Morgan fingerprint density at radius 2 is 1.97 bits per heavy atom. The Labute approximate surface area is 207 Å². The summed E-state index contributed by atoms with van der Waals surface area (Å²) < 4.78 is 0.685. The molecule has 1 amide bonds. The van der Waals surface area contributed by atoms with Crippen molar-refractivity contribution in [1.29, 1.82) is 0 Å². The fourth-order valence-corrected chi connectivity index (χ4v) is 3.69. The minimum Gasteiger partial charge on any atom is -0.394 e. The largest absolute Gasteiger partial charge is 0.394 e. The van der Waals surface area contributed by atoms with Crippen molar-refractivity contribution in [2.75, 3.05) is 25.1 Å². The normalized spacial score (nSPS) is 11.8. The number of aliphatic hydroxyl groups excluding tert-OH is 2. The molecule has 1 heterocycles. The maximum atomic E-state index is 10.9. The van der Waals surface area contributed by atoms with Gasteiger partial charge in [-0.15, -0.1) is 10.2 Å². The predicted octanol–water partition coefficient (Wildman–Crippen LogP) is 4.46. The number of nitro benzene ring substituents is 1. The Hall–Kier alpha value is -3.48. The van der Waals surface area contributed by atoms with Crippen LogP contribution in [0.3, 0.4) is 0 Å². The average Bonchev–Trinajstić information content (AvgIpc) is 3.27. The molecule has 2 aromatic carbocycles. The molecule has 1 aromatic heterocycles. The summed E-state index contributed by atoms with van der Waals surface area (Å²) in [5, 5.41) is 36.6. The van der Waals surface area contributed by atoms with E-state index in [1.807, 2.05) is 24.1 Å². The summed E-state index contributed by atoms with van der Waals surface area (Å²) in [4.78, 5) is 27.5. The number of non-ortho nitro benzene ring substituents is 1. The molecule has 1 atom stereocenters. The molecule has 4 N–H and O–H groups in total. The highest BCUT2D eigenvalue weighted by Gasteiger charge is 2.10. The van der Waals surface area contributed by atoms with Crippen LogP contribution in [0.2, 0.25) is 0 Å². The van der Waals surface area contributed by atoms with Gasteiger partial charge in [0.15, 0.2) is 0 Å². The fourth-order valence-electron chi connectivity index (χ4n) is 2.87. The van der Waals surface area contributed by atoms with E-state index < -0.39 is 11.0 Å². The zero-order valence-corrected chi connectivity index (χ0v) is 20.5. The molecule has 0 saturated heterocycles. The van der Waals surface area contributed by atoms with Gasteiger partial charge in [-0.2, -0.15) is 0 Å². The summed E-state index contributed by atoms with van der Waals surface area (Å²) in [5.74, 6) is -0.339. The number of fused-ring (bicyclic) bond motifs is 1. The van der Waals surface area contributed by atoms with Crippen LogP contribution in [0.25, 0.3) is 10.2 Å². The number of rotatable bonds is 11. The molecule has 0 radical (unpaired) electrons. The number of unbranched alkanes of at least 4 members (excludes halogenated alkanes) is 1. The lowest BCUT2D eigenvalue weighted by atomic mass is 10.2. The minimum atomic E-state index is -0.491. The van der Waals surface area contributed by atoms with Gasteiger partial charge in [0, 0.05) is 37.8 Å². The summed E-state index contributed by atoms with van der Waals surface area (Å²) in [6.07, 6.45) is 2.61. The van der Waals surface area contributed by atoms with Crippen LogP contribution in [0.4, 0.5) is 22.2 Å². The minimum absolute atomic E-state index is 0.0192. The SMILES string of the molecule is CCCCC(O)CO.CN(CCC(N)=O)c1ccc(N=Nc2nc3ccc([N+](=O)[O-])cc3s2)cc1. The maximum absolute atomic E-state index is 10.9. The number of nitrogens with zero attached hydrogens (tertiary/aromatic N) is 5. The number of nitro groups is 1. The first-order valence-corrected chi connectivity index (χ1v) is 11.9. The number of hydrogen-bond acceptors (Lipinski definition) is 10. The van der Waals surface area contributed by atoms with Crippen LogP contribution >= 0.6 is 11.3 Å². The molecule has 35 heavy (non-hydrogen) atoms. The number of amides is 1. The topological polar surface area (TPSA) is 168 Å². The lowest BCUT2D eigenvalue weighted by Crippen LogP contribution is -2.23. The average molecular weight is 503 g/mol. The molecular weight excluding hydrogens is 472 g/mol. The first kappa shape index (κ1) is 27.8.